The SMILES string of the molecule is CC(=O)N[C@@H](Cc1ccccc1)C(=O)N[C@@H](C)C(=O)N1CCC[C@H]1C(=O)N[C@H](CC1CCCCC1)C(=O)N[C@@H](Cc1cc2ccccc2s1)C(=O)N[C@@H](Cc1ccc(F)c(F)c1)C(N)=O. The van der Waals surface area contributed by atoms with Crippen LogP contribution >= 0.6 is 11.3 Å². The molecule has 2 aliphatic rings. The van der Waals surface area contributed by atoms with Gasteiger partial charge in [0.15, 0.2) is 11.6 Å². The Hall–Kier alpha value is -6.23. The molecule has 6 rings (SSSR count). The Kier molecular flexibility index (Phi) is 16.8. The number of primary amides is 1. The van der Waals surface area contributed by atoms with Gasteiger partial charge in [-0.15, -0.1) is 11.3 Å². The molecular weight excluding hydrogens is 857 g/mol. The van der Waals surface area contributed by atoms with Crippen LogP contribution in [0.1, 0.15) is 81.2 Å². The first-order valence-electron chi connectivity index (χ1n) is 22.2. The van der Waals surface area contributed by atoms with Crippen LogP contribution in [-0.4, -0.2) is 89.0 Å². The van der Waals surface area contributed by atoms with E-state index in [0.29, 0.717) is 12.8 Å². The van der Waals surface area contributed by atoms with Crippen LogP contribution in [0.2, 0.25) is 0 Å². The number of nitrogens with two attached hydrogens (primary N) is 1. The molecule has 17 heteroatoms. The number of carbonyl (C=O) groups excluding carboxylic acids is 7. The van der Waals surface area contributed by atoms with Gasteiger partial charge < -0.3 is 37.2 Å². The van der Waals surface area contributed by atoms with E-state index in [2.05, 4.69) is 26.6 Å². The highest BCUT2D eigenvalue weighted by molar-refractivity contribution is 7.19. The Balaban J connectivity index is 1.19. The van der Waals surface area contributed by atoms with Crippen molar-refractivity contribution in [2.45, 2.75) is 121 Å². The van der Waals surface area contributed by atoms with Crippen molar-refractivity contribution < 1.29 is 42.3 Å². The van der Waals surface area contributed by atoms with Gasteiger partial charge in [0.2, 0.25) is 41.4 Å². The molecule has 0 bridgehead atoms. The smallest absolute Gasteiger partial charge is 0.245 e. The fourth-order valence-electron chi connectivity index (χ4n) is 8.71. The number of nitrogens with one attached hydrogen (secondary N) is 5. The van der Waals surface area contributed by atoms with Crippen LogP contribution in [0.15, 0.2) is 78.9 Å². The van der Waals surface area contributed by atoms with Crippen molar-refractivity contribution in [3.05, 3.63) is 107 Å². The number of fused-ring (bicyclic) bond motifs is 1. The molecule has 2 heterocycles. The Labute approximate surface area is 380 Å². The average molecular weight is 914 g/mol. The molecule has 1 aromatic heterocycles. The molecule has 14 nitrogen and oxygen atoms in total. The van der Waals surface area contributed by atoms with E-state index in [1.54, 1.807) is 0 Å². The quantitative estimate of drug-likeness (QED) is 0.0811. The van der Waals surface area contributed by atoms with Crippen molar-refractivity contribution in [2.24, 2.45) is 11.7 Å². The molecule has 0 radical (unpaired) electrons. The van der Waals surface area contributed by atoms with Crippen molar-refractivity contribution in [1.82, 2.24) is 31.5 Å². The number of nitrogens with zero attached hydrogens (tertiary/aromatic N) is 1. The minimum Gasteiger partial charge on any atom is -0.368 e. The summed E-state index contributed by atoms with van der Waals surface area (Å²) in [7, 11) is 0. The van der Waals surface area contributed by atoms with Crippen LogP contribution in [0, 0.1) is 17.6 Å². The third kappa shape index (κ3) is 13.4. The Morgan fingerprint density at radius 1 is 0.677 bits per heavy atom. The zero-order valence-electron chi connectivity index (χ0n) is 36.6. The second-order valence-corrected chi connectivity index (χ2v) is 18.3. The fraction of sp³-hybridized carbons (Fsp3) is 0.438. The maximum atomic E-state index is 14.5. The fourth-order valence-corrected chi connectivity index (χ4v) is 9.81. The number of rotatable bonds is 19. The van der Waals surface area contributed by atoms with Crippen LogP contribution in [0.25, 0.3) is 10.1 Å². The topological polar surface area (TPSA) is 209 Å². The summed E-state index contributed by atoms with van der Waals surface area (Å²) in [6.07, 6.45) is 5.68. The summed E-state index contributed by atoms with van der Waals surface area (Å²) in [4.78, 5) is 97.1. The van der Waals surface area contributed by atoms with E-state index in [-0.39, 0.29) is 43.7 Å². The molecule has 1 aliphatic carbocycles. The number of hydrogen-bond donors (Lipinski definition) is 6. The van der Waals surface area contributed by atoms with Crippen LogP contribution < -0.4 is 32.3 Å². The lowest BCUT2D eigenvalue weighted by Gasteiger charge is -2.31. The molecule has 1 saturated heterocycles. The van der Waals surface area contributed by atoms with Crippen molar-refractivity contribution in [3.63, 3.8) is 0 Å². The molecule has 6 atom stereocenters. The van der Waals surface area contributed by atoms with Crippen LogP contribution in [0.4, 0.5) is 8.78 Å². The first-order valence-corrected chi connectivity index (χ1v) is 23.0. The summed E-state index contributed by atoms with van der Waals surface area (Å²) in [6.45, 7) is 3.05. The minimum absolute atomic E-state index is 0.0142. The number of halogens is 2. The number of likely N-dealkylation sites (tertiary alicyclic amines) is 1. The molecule has 65 heavy (non-hydrogen) atoms. The Morgan fingerprint density at radius 3 is 2.02 bits per heavy atom. The molecular formula is C48H57F2N7O7S. The van der Waals surface area contributed by atoms with Gasteiger partial charge >= 0.3 is 0 Å². The zero-order valence-corrected chi connectivity index (χ0v) is 37.4. The van der Waals surface area contributed by atoms with Gasteiger partial charge in [-0.3, -0.25) is 33.6 Å². The van der Waals surface area contributed by atoms with E-state index in [1.165, 1.54) is 36.2 Å². The van der Waals surface area contributed by atoms with Gasteiger partial charge in [-0.05, 0) is 72.9 Å². The number of hydrogen-bond acceptors (Lipinski definition) is 8. The molecule has 0 unspecified atom stereocenters. The summed E-state index contributed by atoms with van der Waals surface area (Å²) in [5.41, 5.74) is 6.71. The van der Waals surface area contributed by atoms with E-state index in [4.69, 9.17) is 5.73 Å². The van der Waals surface area contributed by atoms with Crippen LogP contribution in [0.5, 0.6) is 0 Å². The zero-order chi connectivity index (χ0) is 46.6. The van der Waals surface area contributed by atoms with E-state index in [1.807, 2.05) is 60.7 Å². The van der Waals surface area contributed by atoms with E-state index in [9.17, 15) is 42.3 Å². The molecule has 346 valence electrons. The van der Waals surface area contributed by atoms with Gasteiger partial charge in [-0.1, -0.05) is 86.7 Å². The van der Waals surface area contributed by atoms with Gasteiger partial charge in [0, 0.05) is 42.3 Å². The average Bonchev–Trinajstić information content (AvgIpc) is 3.94. The van der Waals surface area contributed by atoms with Gasteiger partial charge in [-0.2, -0.15) is 0 Å². The first kappa shape index (κ1) is 48.2. The van der Waals surface area contributed by atoms with Gasteiger partial charge in [0.05, 0.1) is 0 Å². The van der Waals surface area contributed by atoms with Crippen molar-refractivity contribution in [2.75, 3.05) is 6.54 Å². The lowest BCUT2D eigenvalue weighted by Crippen LogP contribution is -2.59. The second kappa shape index (κ2) is 22.6. The van der Waals surface area contributed by atoms with Gasteiger partial charge in [0.1, 0.15) is 36.3 Å². The normalized spacial score (nSPS) is 17.5. The predicted molar refractivity (Wildman–Crippen MR) is 242 cm³/mol. The molecule has 7 N–H and O–H groups in total. The van der Waals surface area contributed by atoms with E-state index >= 15 is 0 Å². The van der Waals surface area contributed by atoms with Crippen LogP contribution in [-0.2, 0) is 52.8 Å². The lowest BCUT2D eigenvalue weighted by atomic mass is 9.84. The van der Waals surface area contributed by atoms with Crippen LogP contribution in [0.3, 0.4) is 0 Å². The van der Waals surface area contributed by atoms with Crippen molar-refractivity contribution in [3.8, 4) is 0 Å². The van der Waals surface area contributed by atoms with Gasteiger partial charge in [-0.25, -0.2) is 8.78 Å². The molecule has 0 spiro atoms. The number of thiophene rings is 1. The maximum absolute atomic E-state index is 14.5. The third-order valence-electron chi connectivity index (χ3n) is 12.1. The minimum atomic E-state index is -1.34. The largest absolute Gasteiger partial charge is 0.368 e. The summed E-state index contributed by atoms with van der Waals surface area (Å²) in [5.74, 6) is -6.47. The van der Waals surface area contributed by atoms with E-state index in [0.717, 1.165) is 64.8 Å². The van der Waals surface area contributed by atoms with Crippen molar-refractivity contribution >= 4 is 62.8 Å². The summed E-state index contributed by atoms with van der Waals surface area (Å²) in [6, 6.07) is 15.1. The first-order chi connectivity index (χ1) is 31.1. The highest BCUT2D eigenvalue weighted by Crippen LogP contribution is 2.29. The maximum Gasteiger partial charge on any atom is 0.245 e. The summed E-state index contributed by atoms with van der Waals surface area (Å²) in [5, 5.41) is 14.7. The monoisotopic (exact) mass is 913 g/mol. The summed E-state index contributed by atoms with van der Waals surface area (Å²) >= 11 is 1.43. The number of benzene rings is 3. The molecule has 1 aliphatic heterocycles. The third-order valence-corrected chi connectivity index (χ3v) is 13.2. The molecule has 4 aromatic rings. The van der Waals surface area contributed by atoms with Gasteiger partial charge in [0.25, 0.3) is 0 Å². The molecule has 1 saturated carbocycles. The Morgan fingerprint density at radius 2 is 1.32 bits per heavy atom. The highest BCUT2D eigenvalue weighted by atomic mass is 32.1. The Bertz CT molecular complexity index is 2320. The molecule has 7 amide bonds. The standard InChI is InChI=1S/C48H57F2N7O7S/c1-28(52-44(60)38(53-29(2)58)23-30-12-5-3-6-13-30)48(64)57-21-11-17-41(57)47(63)56-39(24-31-14-7-4-8-15-31)45(61)55-40(27-34-26-33-16-9-10-18-42(33)65-34)46(62)54-37(43(51)59)25-32-19-20-35(49)36(50)22-32/h3,5-6,9-10,12-13,16,18-20,22,26,28,31,37-41H,4,7-8,11,14-15,17,21,23-25,27H2,1-2H3,(H2,51,59)(H,52,60)(H,53,58)(H,54,62)(H,55,61)(H,56,63)/t28-,37-,38-,39+,40-,41-/m0/s1. The van der Waals surface area contributed by atoms with Crippen molar-refractivity contribution in [1.29, 1.82) is 0 Å². The lowest BCUT2D eigenvalue weighted by molar-refractivity contribution is -0.142. The van der Waals surface area contributed by atoms with E-state index < -0.39 is 89.2 Å². The molecule has 2 fully saturated rings. The molecule has 3 aromatic carbocycles. The number of amides is 7. The predicted octanol–water partition coefficient (Wildman–Crippen LogP) is 4.12. The number of carbonyl (C=O) groups is 7. The summed E-state index contributed by atoms with van der Waals surface area (Å²) < 4.78 is 28.7. The highest BCUT2D eigenvalue weighted by Gasteiger charge is 2.39. The second-order valence-electron chi connectivity index (χ2n) is 17.1.